The number of anilines is 1. The molecule has 0 spiro atoms. The molecule has 0 unspecified atom stereocenters. The fraction of sp³-hybridized carbons (Fsp3) is 0.206. The fourth-order valence-electron chi connectivity index (χ4n) is 5.29. The molecule has 4 aromatic carbocycles. The summed E-state index contributed by atoms with van der Waals surface area (Å²) in [5.74, 6) is -1.08. The maximum absolute atomic E-state index is 13.0. The third kappa shape index (κ3) is 7.00. The van der Waals surface area contributed by atoms with E-state index in [1.54, 1.807) is 11.0 Å². The van der Waals surface area contributed by atoms with Crippen molar-refractivity contribution in [1.82, 2.24) is 4.90 Å². The molecule has 0 saturated carbocycles. The van der Waals surface area contributed by atoms with Crippen LogP contribution in [0.1, 0.15) is 41.0 Å². The van der Waals surface area contributed by atoms with Crippen molar-refractivity contribution in [3.8, 4) is 11.1 Å². The van der Waals surface area contributed by atoms with Crippen molar-refractivity contribution >= 4 is 23.7 Å². The maximum Gasteiger partial charge on any atom is 0.411 e. The predicted octanol–water partition coefficient (Wildman–Crippen LogP) is 6.48. The van der Waals surface area contributed by atoms with Gasteiger partial charge in [0.2, 0.25) is 5.91 Å². The summed E-state index contributed by atoms with van der Waals surface area (Å²) in [6.07, 6.45) is 0.0268. The lowest BCUT2D eigenvalue weighted by Gasteiger charge is -2.22. The zero-order valence-corrected chi connectivity index (χ0v) is 22.7. The topological polar surface area (TPSA) is 95.9 Å². The zero-order chi connectivity index (χ0) is 28.6. The molecular weight excluding hydrogens is 516 g/mol. The minimum atomic E-state index is -0.942. The minimum Gasteiger partial charge on any atom is -0.481 e. The van der Waals surface area contributed by atoms with Crippen molar-refractivity contribution < 1.29 is 24.2 Å². The van der Waals surface area contributed by atoms with Gasteiger partial charge in [-0.25, -0.2) is 4.79 Å². The molecule has 7 heteroatoms. The Kier molecular flexibility index (Phi) is 8.74. The van der Waals surface area contributed by atoms with Crippen LogP contribution in [0.3, 0.4) is 0 Å². The van der Waals surface area contributed by atoms with Gasteiger partial charge in [-0.1, -0.05) is 91.0 Å². The van der Waals surface area contributed by atoms with Gasteiger partial charge in [0.25, 0.3) is 0 Å². The number of carboxylic acids is 1. The highest BCUT2D eigenvalue weighted by Gasteiger charge is 2.29. The Bertz CT molecular complexity index is 1490. The summed E-state index contributed by atoms with van der Waals surface area (Å²) in [6, 6.07) is 33.2. The van der Waals surface area contributed by atoms with Crippen LogP contribution in [0, 0.1) is 0 Å². The number of ether oxygens (including phenoxy) is 1. The number of carboxylic acid groups (broad SMARTS) is 1. The van der Waals surface area contributed by atoms with Gasteiger partial charge in [-0.05, 0) is 51.9 Å². The van der Waals surface area contributed by atoms with Crippen LogP contribution in [0.25, 0.3) is 11.1 Å². The lowest BCUT2D eigenvalue weighted by Crippen LogP contribution is -2.32. The van der Waals surface area contributed by atoms with Crippen LogP contribution in [0.15, 0.2) is 103 Å². The summed E-state index contributed by atoms with van der Waals surface area (Å²) in [5.41, 5.74) is 7.05. The monoisotopic (exact) mass is 548 g/mol. The number of rotatable bonds is 11. The first-order valence-electron chi connectivity index (χ1n) is 13.7. The SMILES string of the molecule is O=C(O)CCN(Cc1ccccc1)C(=O)CCc1cccc(NC(=O)OCC2c3ccccc3-c3ccccc32)c1. The molecule has 0 bridgehead atoms. The number of fused-ring (bicyclic) bond motifs is 3. The first-order valence-corrected chi connectivity index (χ1v) is 13.7. The summed E-state index contributed by atoms with van der Waals surface area (Å²) in [6.45, 7) is 0.727. The second-order valence-corrected chi connectivity index (χ2v) is 10.1. The lowest BCUT2D eigenvalue weighted by atomic mass is 9.98. The van der Waals surface area contributed by atoms with E-state index in [0.29, 0.717) is 18.7 Å². The van der Waals surface area contributed by atoms with Crippen molar-refractivity contribution in [3.05, 3.63) is 125 Å². The van der Waals surface area contributed by atoms with Gasteiger partial charge in [0.1, 0.15) is 6.61 Å². The van der Waals surface area contributed by atoms with Gasteiger partial charge in [-0.15, -0.1) is 0 Å². The molecular formula is C34H32N2O5. The maximum atomic E-state index is 13.0. The first kappa shape index (κ1) is 27.6. The van der Waals surface area contributed by atoms with E-state index in [1.165, 1.54) is 11.1 Å². The number of carbonyl (C=O) groups excluding carboxylic acids is 2. The number of amides is 2. The van der Waals surface area contributed by atoms with Gasteiger partial charge in [0.15, 0.2) is 0 Å². The van der Waals surface area contributed by atoms with E-state index in [4.69, 9.17) is 9.84 Å². The Morgan fingerprint density at radius 2 is 1.39 bits per heavy atom. The molecule has 0 aliphatic heterocycles. The highest BCUT2D eigenvalue weighted by molar-refractivity contribution is 5.85. The lowest BCUT2D eigenvalue weighted by molar-refractivity contribution is -0.138. The van der Waals surface area contributed by atoms with Crippen LogP contribution in [0.4, 0.5) is 10.5 Å². The van der Waals surface area contributed by atoms with E-state index >= 15 is 0 Å². The Morgan fingerprint density at radius 3 is 2.07 bits per heavy atom. The Labute approximate surface area is 239 Å². The number of carbonyl (C=O) groups is 3. The number of benzene rings is 4. The standard InChI is InChI=1S/C34H32N2O5/c37-32(36(20-19-33(38)39)22-25-9-2-1-3-10-25)18-17-24-11-8-12-26(21-24)35-34(40)41-23-31-29-15-6-4-13-27(29)28-14-5-7-16-30(28)31/h1-16,21,31H,17-20,22-23H2,(H,35,40)(H,38,39). The molecule has 1 aliphatic carbocycles. The van der Waals surface area contributed by atoms with Gasteiger partial charge < -0.3 is 14.7 Å². The molecule has 41 heavy (non-hydrogen) atoms. The minimum absolute atomic E-state index is 0.0227. The van der Waals surface area contributed by atoms with Crippen molar-refractivity contribution in [2.75, 3.05) is 18.5 Å². The van der Waals surface area contributed by atoms with Crippen molar-refractivity contribution in [2.24, 2.45) is 0 Å². The molecule has 208 valence electrons. The van der Waals surface area contributed by atoms with Crippen LogP contribution in [-0.2, 0) is 27.3 Å². The molecule has 2 N–H and O–H groups in total. The van der Waals surface area contributed by atoms with E-state index in [1.807, 2.05) is 72.8 Å². The molecule has 4 aromatic rings. The van der Waals surface area contributed by atoms with Crippen molar-refractivity contribution in [1.29, 1.82) is 0 Å². The van der Waals surface area contributed by atoms with E-state index in [-0.39, 0.29) is 37.8 Å². The van der Waals surface area contributed by atoms with Gasteiger partial charge in [0, 0.05) is 31.1 Å². The number of nitrogens with one attached hydrogen (secondary N) is 1. The Balaban J connectivity index is 1.16. The summed E-state index contributed by atoms with van der Waals surface area (Å²) in [5, 5.41) is 11.9. The van der Waals surface area contributed by atoms with Crippen LogP contribution < -0.4 is 5.32 Å². The second kappa shape index (κ2) is 13.0. The van der Waals surface area contributed by atoms with E-state index < -0.39 is 12.1 Å². The van der Waals surface area contributed by atoms with E-state index in [2.05, 4.69) is 29.6 Å². The van der Waals surface area contributed by atoms with Crippen LogP contribution in [0.5, 0.6) is 0 Å². The highest BCUT2D eigenvalue weighted by Crippen LogP contribution is 2.44. The molecule has 0 atom stereocenters. The average molecular weight is 549 g/mol. The number of aliphatic carboxylic acids is 1. The zero-order valence-electron chi connectivity index (χ0n) is 22.7. The molecule has 2 amide bonds. The van der Waals surface area contributed by atoms with Gasteiger partial charge in [-0.3, -0.25) is 14.9 Å². The number of hydrogen-bond acceptors (Lipinski definition) is 4. The molecule has 7 nitrogen and oxygen atoms in total. The number of hydrogen-bond donors (Lipinski definition) is 2. The third-order valence-electron chi connectivity index (χ3n) is 7.31. The number of aryl methyl sites for hydroxylation is 1. The van der Waals surface area contributed by atoms with Crippen molar-refractivity contribution in [3.63, 3.8) is 0 Å². The van der Waals surface area contributed by atoms with Crippen LogP contribution in [0.2, 0.25) is 0 Å². The molecule has 0 radical (unpaired) electrons. The largest absolute Gasteiger partial charge is 0.481 e. The van der Waals surface area contributed by atoms with Crippen LogP contribution >= 0.6 is 0 Å². The predicted molar refractivity (Wildman–Crippen MR) is 158 cm³/mol. The summed E-state index contributed by atoms with van der Waals surface area (Å²) < 4.78 is 5.66. The van der Waals surface area contributed by atoms with Gasteiger partial charge in [-0.2, -0.15) is 0 Å². The highest BCUT2D eigenvalue weighted by atomic mass is 16.5. The smallest absolute Gasteiger partial charge is 0.411 e. The molecule has 0 fully saturated rings. The summed E-state index contributed by atoms with van der Waals surface area (Å²) >= 11 is 0. The average Bonchev–Trinajstić information content (AvgIpc) is 3.31. The van der Waals surface area contributed by atoms with Crippen molar-refractivity contribution in [2.45, 2.75) is 31.7 Å². The van der Waals surface area contributed by atoms with Crippen LogP contribution in [-0.4, -0.2) is 41.1 Å². The Hall–Kier alpha value is -4.91. The Morgan fingerprint density at radius 1 is 0.756 bits per heavy atom. The molecule has 5 rings (SSSR count). The van der Waals surface area contributed by atoms with Gasteiger partial charge in [0.05, 0.1) is 6.42 Å². The second-order valence-electron chi connectivity index (χ2n) is 10.1. The molecule has 0 aromatic heterocycles. The number of nitrogens with zero attached hydrogens (tertiary/aromatic N) is 1. The third-order valence-corrected chi connectivity index (χ3v) is 7.31. The first-order chi connectivity index (χ1) is 20.0. The van der Waals surface area contributed by atoms with Gasteiger partial charge >= 0.3 is 12.1 Å². The normalized spacial score (nSPS) is 11.8. The fourth-order valence-corrected chi connectivity index (χ4v) is 5.29. The molecule has 0 saturated heterocycles. The quantitative estimate of drug-likeness (QED) is 0.224. The van der Waals surface area contributed by atoms with E-state index in [9.17, 15) is 14.4 Å². The summed E-state index contributed by atoms with van der Waals surface area (Å²) in [7, 11) is 0. The molecule has 0 heterocycles. The summed E-state index contributed by atoms with van der Waals surface area (Å²) in [4.78, 5) is 38.5. The molecule has 1 aliphatic rings. The van der Waals surface area contributed by atoms with E-state index in [0.717, 1.165) is 22.3 Å².